The van der Waals surface area contributed by atoms with E-state index in [1.165, 1.54) is 11.8 Å². The Hall–Kier alpha value is -1.13. The van der Waals surface area contributed by atoms with Gasteiger partial charge >= 0.3 is 5.97 Å². The molecule has 0 aliphatic carbocycles. The molecule has 0 spiro atoms. The van der Waals surface area contributed by atoms with Crippen LogP contribution in [0.15, 0.2) is 4.34 Å². The summed E-state index contributed by atoms with van der Waals surface area (Å²) in [5, 5.41) is 16.2. The number of amides is 2. The first-order valence-electron chi connectivity index (χ1n) is 4.69. The third kappa shape index (κ3) is 3.00. The average Bonchev–Trinajstić information content (AvgIpc) is 2.75. The Morgan fingerprint density at radius 1 is 1.33 bits per heavy atom. The summed E-state index contributed by atoms with van der Waals surface area (Å²) in [6.45, 7) is 0. The number of anilines is 1. The van der Waals surface area contributed by atoms with Crippen molar-refractivity contribution in [1.82, 2.24) is 10.2 Å². The maximum absolute atomic E-state index is 11.6. The average molecular weight is 305 g/mol. The number of thioether (sulfide) groups is 2. The summed E-state index contributed by atoms with van der Waals surface area (Å²) in [4.78, 5) is 34.6. The number of carbonyl (C=O) groups excluding carboxylic acids is 2. The van der Waals surface area contributed by atoms with E-state index in [2.05, 4.69) is 10.2 Å². The molecule has 7 nitrogen and oxygen atoms in total. The Labute approximate surface area is 114 Å². The highest BCUT2D eigenvalue weighted by Gasteiger charge is 2.30. The Morgan fingerprint density at radius 3 is 2.61 bits per heavy atom. The number of rotatable bonds is 4. The van der Waals surface area contributed by atoms with Gasteiger partial charge in [-0.2, -0.15) is 0 Å². The summed E-state index contributed by atoms with van der Waals surface area (Å²) in [6, 6.07) is 0. The van der Waals surface area contributed by atoms with Gasteiger partial charge in [-0.1, -0.05) is 23.1 Å². The van der Waals surface area contributed by atoms with Crippen molar-refractivity contribution >= 4 is 57.8 Å². The van der Waals surface area contributed by atoms with Gasteiger partial charge < -0.3 is 5.11 Å². The van der Waals surface area contributed by atoms with Crippen LogP contribution in [0.4, 0.5) is 5.13 Å². The van der Waals surface area contributed by atoms with Crippen LogP contribution in [-0.2, 0) is 14.4 Å². The van der Waals surface area contributed by atoms with E-state index in [0.29, 0.717) is 4.34 Å². The molecule has 2 rings (SSSR count). The Kier molecular flexibility index (Phi) is 4.19. The maximum Gasteiger partial charge on any atom is 0.313 e. The number of imide groups is 1. The standard InChI is InChI=1S/C8H7N3O4S3/c12-4-1-16-2-5(13)11(4)7-9-10-8(18-7)17-3-6(14)15/h1-3H2,(H,14,15). The summed E-state index contributed by atoms with van der Waals surface area (Å²) < 4.78 is 0.422. The van der Waals surface area contributed by atoms with Crippen molar-refractivity contribution in [2.75, 3.05) is 22.2 Å². The van der Waals surface area contributed by atoms with Gasteiger partial charge in [-0.25, -0.2) is 4.90 Å². The predicted octanol–water partition coefficient (Wildman–Crippen LogP) is 0.321. The molecule has 1 fully saturated rings. The lowest BCUT2D eigenvalue weighted by Gasteiger charge is -2.20. The van der Waals surface area contributed by atoms with Crippen molar-refractivity contribution in [3.05, 3.63) is 0 Å². The summed E-state index contributed by atoms with van der Waals surface area (Å²) in [6.07, 6.45) is 0. The van der Waals surface area contributed by atoms with Gasteiger partial charge in [0.15, 0.2) is 4.34 Å². The predicted molar refractivity (Wildman–Crippen MR) is 68.1 cm³/mol. The van der Waals surface area contributed by atoms with Gasteiger partial charge in [0.25, 0.3) is 0 Å². The summed E-state index contributed by atoms with van der Waals surface area (Å²) >= 11 is 3.31. The molecule has 2 amide bonds. The fourth-order valence-corrected chi connectivity index (χ4v) is 3.49. The van der Waals surface area contributed by atoms with Crippen molar-refractivity contribution in [3.63, 3.8) is 0 Å². The molecule has 1 saturated heterocycles. The molecular formula is C8H7N3O4S3. The van der Waals surface area contributed by atoms with Gasteiger partial charge in [0.2, 0.25) is 16.9 Å². The van der Waals surface area contributed by atoms with E-state index in [1.54, 1.807) is 0 Å². The molecule has 0 unspecified atom stereocenters. The van der Waals surface area contributed by atoms with Gasteiger partial charge in [0.05, 0.1) is 17.3 Å². The van der Waals surface area contributed by atoms with E-state index in [4.69, 9.17) is 5.11 Å². The molecule has 1 aromatic heterocycles. The van der Waals surface area contributed by atoms with E-state index in [1.807, 2.05) is 0 Å². The van der Waals surface area contributed by atoms with Crippen LogP contribution in [0, 0.1) is 0 Å². The zero-order chi connectivity index (χ0) is 13.1. The molecule has 0 atom stereocenters. The van der Waals surface area contributed by atoms with Crippen molar-refractivity contribution in [2.45, 2.75) is 4.34 Å². The topological polar surface area (TPSA) is 100 Å². The highest BCUT2D eigenvalue weighted by Crippen LogP contribution is 2.30. The zero-order valence-corrected chi connectivity index (χ0v) is 11.3. The number of hydrogen-bond acceptors (Lipinski definition) is 8. The Balaban J connectivity index is 2.11. The summed E-state index contributed by atoms with van der Waals surface area (Å²) in [5.41, 5.74) is 0. The molecule has 1 aliphatic heterocycles. The monoisotopic (exact) mass is 305 g/mol. The van der Waals surface area contributed by atoms with Crippen LogP contribution >= 0.6 is 34.9 Å². The minimum Gasteiger partial charge on any atom is -0.481 e. The van der Waals surface area contributed by atoms with Crippen molar-refractivity contribution in [2.24, 2.45) is 0 Å². The first-order valence-corrected chi connectivity index (χ1v) is 7.65. The van der Waals surface area contributed by atoms with Crippen LogP contribution in [0.5, 0.6) is 0 Å². The number of nitrogens with zero attached hydrogens (tertiary/aromatic N) is 3. The molecule has 1 N–H and O–H groups in total. The zero-order valence-electron chi connectivity index (χ0n) is 8.86. The minimum absolute atomic E-state index is 0.133. The minimum atomic E-state index is -0.960. The van der Waals surface area contributed by atoms with E-state index < -0.39 is 5.97 Å². The lowest BCUT2D eigenvalue weighted by molar-refractivity contribution is -0.134. The van der Waals surface area contributed by atoms with E-state index in [0.717, 1.165) is 28.0 Å². The Morgan fingerprint density at radius 2 is 2.00 bits per heavy atom. The molecular weight excluding hydrogens is 298 g/mol. The lowest BCUT2D eigenvalue weighted by atomic mass is 10.5. The number of carboxylic acid groups (broad SMARTS) is 1. The molecule has 0 bridgehead atoms. The first kappa shape index (κ1) is 13.3. The van der Waals surface area contributed by atoms with Crippen LogP contribution in [-0.4, -0.2) is 50.3 Å². The molecule has 10 heteroatoms. The number of carbonyl (C=O) groups is 3. The first-order chi connectivity index (χ1) is 8.58. The van der Waals surface area contributed by atoms with E-state index >= 15 is 0 Å². The number of carboxylic acids is 1. The quantitative estimate of drug-likeness (QED) is 0.482. The van der Waals surface area contributed by atoms with Gasteiger partial charge in [-0.3, -0.25) is 14.4 Å². The molecule has 0 radical (unpaired) electrons. The molecule has 1 aromatic rings. The van der Waals surface area contributed by atoms with Gasteiger partial charge in [-0.15, -0.1) is 22.0 Å². The molecule has 0 saturated carbocycles. The molecule has 0 aromatic carbocycles. The number of hydrogen-bond donors (Lipinski definition) is 1. The van der Waals surface area contributed by atoms with Crippen LogP contribution in [0.25, 0.3) is 0 Å². The van der Waals surface area contributed by atoms with E-state index in [9.17, 15) is 14.4 Å². The van der Waals surface area contributed by atoms with E-state index in [-0.39, 0.29) is 34.2 Å². The van der Waals surface area contributed by atoms with Crippen LogP contribution in [0.3, 0.4) is 0 Å². The molecule has 1 aliphatic rings. The maximum atomic E-state index is 11.6. The SMILES string of the molecule is O=C(O)CSc1nnc(N2C(=O)CSCC2=O)s1. The molecule has 18 heavy (non-hydrogen) atoms. The second-order valence-corrected chi connectivity index (χ2v) is 6.31. The number of aromatic nitrogens is 2. The van der Waals surface area contributed by atoms with Crippen LogP contribution in [0.1, 0.15) is 0 Å². The fraction of sp³-hybridized carbons (Fsp3) is 0.375. The van der Waals surface area contributed by atoms with Crippen molar-refractivity contribution in [3.8, 4) is 0 Å². The normalized spacial score (nSPS) is 16.1. The van der Waals surface area contributed by atoms with Gasteiger partial charge in [0.1, 0.15) is 0 Å². The number of aliphatic carboxylic acids is 1. The summed E-state index contributed by atoms with van der Waals surface area (Å²) in [7, 11) is 0. The molecule has 96 valence electrons. The second-order valence-electron chi connectivity index (χ2n) is 3.15. The smallest absolute Gasteiger partial charge is 0.313 e. The highest BCUT2D eigenvalue weighted by molar-refractivity contribution is 8.01. The largest absolute Gasteiger partial charge is 0.481 e. The van der Waals surface area contributed by atoms with Gasteiger partial charge in [0, 0.05) is 0 Å². The van der Waals surface area contributed by atoms with Crippen molar-refractivity contribution in [1.29, 1.82) is 0 Å². The van der Waals surface area contributed by atoms with Gasteiger partial charge in [-0.05, 0) is 0 Å². The summed E-state index contributed by atoms with van der Waals surface area (Å²) in [5.74, 6) is -1.25. The van der Waals surface area contributed by atoms with Crippen LogP contribution in [0.2, 0.25) is 0 Å². The Bertz CT molecular complexity index is 488. The second kappa shape index (κ2) is 5.67. The highest BCUT2D eigenvalue weighted by atomic mass is 32.2. The third-order valence-electron chi connectivity index (χ3n) is 1.86. The fourth-order valence-electron chi connectivity index (χ4n) is 1.18. The van der Waals surface area contributed by atoms with Crippen molar-refractivity contribution < 1.29 is 19.5 Å². The molecule has 2 heterocycles. The van der Waals surface area contributed by atoms with Crippen LogP contribution < -0.4 is 4.90 Å². The lowest BCUT2D eigenvalue weighted by Crippen LogP contribution is -2.43. The third-order valence-corrected chi connectivity index (χ3v) is 4.78.